The Balaban J connectivity index is 2.35. The van der Waals surface area contributed by atoms with Gasteiger partial charge in [-0.15, -0.1) is 0 Å². The molecule has 0 spiro atoms. The van der Waals surface area contributed by atoms with Crippen molar-refractivity contribution in [2.45, 2.75) is 84.5 Å². The quantitative estimate of drug-likeness (QED) is 0.485. The second-order valence-electron chi connectivity index (χ2n) is 6.69. The molecular formula is C19H37NO2. The number of ether oxygens (including phenoxy) is 1. The van der Waals surface area contributed by atoms with E-state index >= 15 is 0 Å². The third-order valence-electron chi connectivity index (χ3n) is 4.73. The van der Waals surface area contributed by atoms with Crippen molar-refractivity contribution in [2.24, 2.45) is 5.92 Å². The zero-order valence-corrected chi connectivity index (χ0v) is 14.9. The van der Waals surface area contributed by atoms with Crippen molar-refractivity contribution in [3.05, 3.63) is 0 Å². The predicted molar refractivity (Wildman–Crippen MR) is 93.0 cm³/mol. The van der Waals surface area contributed by atoms with Crippen LogP contribution in [0.1, 0.15) is 84.5 Å². The van der Waals surface area contributed by atoms with Crippen molar-refractivity contribution in [2.75, 3.05) is 26.3 Å². The number of amides is 1. The molecule has 1 fully saturated rings. The summed E-state index contributed by atoms with van der Waals surface area (Å²) in [6, 6.07) is 0. The van der Waals surface area contributed by atoms with E-state index in [1.807, 2.05) is 4.90 Å². The Kier molecular flexibility index (Phi) is 11.4. The summed E-state index contributed by atoms with van der Waals surface area (Å²) >= 11 is 0. The molecule has 0 aliphatic carbocycles. The highest BCUT2D eigenvalue weighted by Crippen LogP contribution is 2.21. The minimum Gasteiger partial charge on any atom is -0.378 e. The minimum atomic E-state index is 0.261. The molecule has 1 rings (SSSR count). The molecule has 1 atom stereocenters. The summed E-state index contributed by atoms with van der Waals surface area (Å²) in [5, 5.41) is 0. The van der Waals surface area contributed by atoms with Gasteiger partial charge in [0.2, 0.25) is 5.91 Å². The summed E-state index contributed by atoms with van der Waals surface area (Å²) in [4.78, 5) is 14.8. The number of carbonyl (C=O) groups excluding carboxylic acids is 1. The first-order valence-corrected chi connectivity index (χ1v) is 9.66. The first-order chi connectivity index (χ1) is 10.8. The van der Waals surface area contributed by atoms with E-state index in [1.165, 1.54) is 57.8 Å². The Morgan fingerprint density at radius 1 is 0.864 bits per heavy atom. The molecule has 0 aromatic heterocycles. The van der Waals surface area contributed by atoms with Crippen LogP contribution >= 0.6 is 0 Å². The van der Waals surface area contributed by atoms with Gasteiger partial charge in [0.15, 0.2) is 0 Å². The van der Waals surface area contributed by atoms with Crippen LogP contribution in [-0.2, 0) is 9.53 Å². The highest BCUT2D eigenvalue weighted by Gasteiger charge is 2.24. The van der Waals surface area contributed by atoms with Crippen molar-refractivity contribution in [3.63, 3.8) is 0 Å². The number of rotatable bonds is 12. The van der Waals surface area contributed by atoms with Crippen LogP contribution < -0.4 is 0 Å². The number of carbonyl (C=O) groups is 1. The number of hydrogen-bond acceptors (Lipinski definition) is 2. The van der Waals surface area contributed by atoms with E-state index in [0.29, 0.717) is 19.1 Å². The number of hydrogen-bond donors (Lipinski definition) is 0. The van der Waals surface area contributed by atoms with Gasteiger partial charge in [0.1, 0.15) is 0 Å². The second kappa shape index (κ2) is 12.9. The fraction of sp³-hybridized carbons (Fsp3) is 0.947. The Hall–Kier alpha value is -0.570. The SMILES string of the molecule is CCCCCCCC(CCCCCC)C(=O)N1CCOCC1. The summed E-state index contributed by atoms with van der Waals surface area (Å²) in [6.07, 6.45) is 13.7. The summed E-state index contributed by atoms with van der Waals surface area (Å²) in [5.74, 6) is 0.659. The molecule has 0 aromatic carbocycles. The monoisotopic (exact) mass is 311 g/mol. The van der Waals surface area contributed by atoms with E-state index in [-0.39, 0.29) is 5.92 Å². The van der Waals surface area contributed by atoms with E-state index in [0.717, 1.165) is 25.9 Å². The predicted octanol–water partition coefficient (Wildman–Crippen LogP) is 4.79. The molecule has 1 unspecified atom stereocenters. The fourth-order valence-electron chi connectivity index (χ4n) is 3.25. The molecule has 1 amide bonds. The van der Waals surface area contributed by atoms with Crippen LogP contribution in [0.3, 0.4) is 0 Å². The Bertz CT molecular complexity index is 275. The molecule has 130 valence electrons. The second-order valence-corrected chi connectivity index (χ2v) is 6.69. The average molecular weight is 312 g/mol. The van der Waals surface area contributed by atoms with Crippen molar-refractivity contribution in [3.8, 4) is 0 Å². The van der Waals surface area contributed by atoms with E-state index in [2.05, 4.69) is 13.8 Å². The minimum absolute atomic E-state index is 0.261. The van der Waals surface area contributed by atoms with Gasteiger partial charge in [-0.2, -0.15) is 0 Å². The van der Waals surface area contributed by atoms with Gasteiger partial charge in [-0.05, 0) is 12.8 Å². The van der Waals surface area contributed by atoms with Crippen molar-refractivity contribution >= 4 is 5.91 Å². The maximum atomic E-state index is 12.8. The summed E-state index contributed by atoms with van der Waals surface area (Å²) < 4.78 is 5.37. The lowest BCUT2D eigenvalue weighted by Crippen LogP contribution is -2.43. The molecule has 1 aliphatic heterocycles. The smallest absolute Gasteiger partial charge is 0.225 e. The maximum absolute atomic E-state index is 12.8. The van der Waals surface area contributed by atoms with Crippen molar-refractivity contribution in [1.29, 1.82) is 0 Å². The van der Waals surface area contributed by atoms with Crippen LogP contribution in [0.25, 0.3) is 0 Å². The van der Waals surface area contributed by atoms with E-state index in [1.54, 1.807) is 0 Å². The molecule has 1 saturated heterocycles. The molecule has 3 heteroatoms. The summed E-state index contributed by atoms with van der Waals surface area (Å²) in [6.45, 7) is 7.50. The summed E-state index contributed by atoms with van der Waals surface area (Å²) in [7, 11) is 0. The van der Waals surface area contributed by atoms with Gasteiger partial charge < -0.3 is 9.64 Å². The lowest BCUT2D eigenvalue weighted by Gasteiger charge is -2.30. The number of morpholine rings is 1. The van der Waals surface area contributed by atoms with Crippen molar-refractivity contribution in [1.82, 2.24) is 4.90 Å². The number of nitrogens with zero attached hydrogens (tertiary/aromatic N) is 1. The van der Waals surface area contributed by atoms with Crippen LogP contribution in [-0.4, -0.2) is 37.1 Å². The van der Waals surface area contributed by atoms with Gasteiger partial charge in [0.05, 0.1) is 13.2 Å². The van der Waals surface area contributed by atoms with Crippen LogP contribution in [0.15, 0.2) is 0 Å². The van der Waals surface area contributed by atoms with Crippen molar-refractivity contribution < 1.29 is 9.53 Å². The van der Waals surface area contributed by atoms with Crippen LogP contribution in [0.2, 0.25) is 0 Å². The molecule has 0 saturated carbocycles. The molecule has 1 aliphatic rings. The molecule has 0 N–H and O–H groups in total. The molecule has 0 bridgehead atoms. The first kappa shape index (κ1) is 19.5. The van der Waals surface area contributed by atoms with Gasteiger partial charge >= 0.3 is 0 Å². The van der Waals surface area contributed by atoms with Crippen LogP contribution in [0.4, 0.5) is 0 Å². The molecule has 1 heterocycles. The maximum Gasteiger partial charge on any atom is 0.225 e. The Morgan fingerprint density at radius 3 is 1.91 bits per heavy atom. The lowest BCUT2D eigenvalue weighted by molar-refractivity contribution is -0.140. The first-order valence-electron chi connectivity index (χ1n) is 9.66. The highest BCUT2D eigenvalue weighted by molar-refractivity contribution is 5.78. The zero-order chi connectivity index (χ0) is 16.0. The normalized spacial score (nSPS) is 16.7. The van der Waals surface area contributed by atoms with Crippen LogP contribution in [0, 0.1) is 5.92 Å². The van der Waals surface area contributed by atoms with Gasteiger partial charge in [0.25, 0.3) is 0 Å². The fourth-order valence-corrected chi connectivity index (χ4v) is 3.25. The van der Waals surface area contributed by atoms with Gasteiger partial charge in [-0.3, -0.25) is 4.79 Å². The van der Waals surface area contributed by atoms with Crippen LogP contribution in [0.5, 0.6) is 0 Å². The van der Waals surface area contributed by atoms with E-state index in [9.17, 15) is 4.79 Å². The zero-order valence-electron chi connectivity index (χ0n) is 14.9. The Morgan fingerprint density at radius 2 is 1.36 bits per heavy atom. The largest absolute Gasteiger partial charge is 0.378 e. The third kappa shape index (κ3) is 8.17. The molecule has 0 aromatic rings. The molecule has 22 heavy (non-hydrogen) atoms. The lowest BCUT2D eigenvalue weighted by atomic mass is 9.93. The number of unbranched alkanes of at least 4 members (excludes halogenated alkanes) is 7. The van der Waals surface area contributed by atoms with Gasteiger partial charge in [-0.1, -0.05) is 71.6 Å². The standard InChI is InChI=1S/C19H37NO2/c1-3-5-7-9-11-13-18(12-10-8-6-4-2)19(21)20-14-16-22-17-15-20/h18H,3-17H2,1-2H3. The highest BCUT2D eigenvalue weighted by atomic mass is 16.5. The Labute approximate surface area is 137 Å². The van der Waals surface area contributed by atoms with E-state index < -0.39 is 0 Å². The van der Waals surface area contributed by atoms with E-state index in [4.69, 9.17) is 4.74 Å². The van der Waals surface area contributed by atoms with Gasteiger partial charge in [-0.25, -0.2) is 0 Å². The molecular weight excluding hydrogens is 274 g/mol. The topological polar surface area (TPSA) is 29.5 Å². The van der Waals surface area contributed by atoms with Gasteiger partial charge in [0, 0.05) is 19.0 Å². The molecule has 0 radical (unpaired) electrons. The summed E-state index contributed by atoms with van der Waals surface area (Å²) in [5.41, 5.74) is 0. The third-order valence-corrected chi connectivity index (χ3v) is 4.73. The molecule has 3 nitrogen and oxygen atoms in total. The average Bonchev–Trinajstić information content (AvgIpc) is 2.56.